The van der Waals surface area contributed by atoms with Gasteiger partial charge in [0.05, 0.1) is 11.6 Å². The summed E-state index contributed by atoms with van der Waals surface area (Å²) in [6, 6.07) is 4.51. The largest absolute Gasteiger partial charge is 0.495 e. The molecule has 19 heavy (non-hydrogen) atoms. The topological polar surface area (TPSA) is 67.4 Å². The van der Waals surface area contributed by atoms with Gasteiger partial charge in [0.25, 0.3) is 0 Å². The molecule has 0 fully saturated rings. The molecule has 2 amide bonds. The number of carbonyl (C=O) groups excluding carboxylic acids is 2. The second kappa shape index (κ2) is 7.40. The number of hydrogen-bond acceptors (Lipinski definition) is 4. The Labute approximate surface area is 125 Å². The molecule has 104 valence electrons. The van der Waals surface area contributed by atoms with E-state index < -0.39 is 6.04 Å². The quantitative estimate of drug-likeness (QED) is 0.712. The summed E-state index contributed by atoms with van der Waals surface area (Å²) >= 11 is 7.37. The second-order valence-corrected chi connectivity index (χ2v) is 4.99. The number of nitrogens with one attached hydrogen (secondary N) is 2. The fourth-order valence-corrected chi connectivity index (χ4v) is 2.07. The molecule has 1 atom stereocenters. The Hall–Kier alpha value is -1.21. The van der Waals surface area contributed by atoms with Crippen LogP contribution in [0.4, 0.5) is 5.69 Å². The van der Waals surface area contributed by atoms with E-state index in [-0.39, 0.29) is 17.6 Å². The van der Waals surface area contributed by atoms with E-state index in [2.05, 4.69) is 39.2 Å². The van der Waals surface area contributed by atoms with Crippen LogP contribution in [0, 0.1) is 0 Å². The van der Waals surface area contributed by atoms with Crippen LogP contribution >= 0.6 is 28.6 Å². The van der Waals surface area contributed by atoms with Crippen LogP contribution in [0.15, 0.2) is 22.7 Å². The lowest BCUT2D eigenvalue weighted by Crippen LogP contribution is -2.44. The van der Waals surface area contributed by atoms with Crippen LogP contribution in [0.5, 0.6) is 5.75 Å². The summed E-state index contributed by atoms with van der Waals surface area (Å²) in [5.41, 5.74) is 0.585. The summed E-state index contributed by atoms with van der Waals surface area (Å²) in [6.45, 7) is 1.35. The van der Waals surface area contributed by atoms with Crippen molar-refractivity contribution in [3.63, 3.8) is 0 Å². The molecule has 1 rings (SSSR count). The van der Waals surface area contributed by atoms with Crippen molar-refractivity contribution in [2.24, 2.45) is 0 Å². The number of amides is 2. The molecule has 0 saturated carbocycles. The fourth-order valence-electron chi connectivity index (χ4n) is 1.41. The highest BCUT2D eigenvalue weighted by Crippen LogP contribution is 2.27. The summed E-state index contributed by atoms with van der Waals surface area (Å²) in [4.78, 5) is 22.9. The molecule has 0 heterocycles. The smallest absolute Gasteiger partial charge is 0.247 e. The number of ether oxygens (including phenoxy) is 1. The number of anilines is 1. The molecule has 7 heteroatoms. The summed E-state index contributed by atoms with van der Waals surface area (Å²) in [7, 11) is 1.54. The summed E-state index contributed by atoms with van der Waals surface area (Å²) in [5, 5.41) is 5.22. The minimum atomic E-state index is -0.671. The summed E-state index contributed by atoms with van der Waals surface area (Å²) in [5.74, 6) is 0.232. The molecule has 2 N–H and O–H groups in total. The number of hydrogen-bond donors (Lipinski definition) is 3. The van der Waals surface area contributed by atoms with Crippen molar-refractivity contribution in [3.05, 3.63) is 22.7 Å². The average Bonchev–Trinajstić information content (AvgIpc) is 2.37. The van der Waals surface area contributed by atoms with Crippen LogP contribution in [0.3, 0.4) is 0 Å². The van der Waals surface area contributed by atoms with E-state index in [0.717, 1.165) is 4.47 Å². The summed E-state index contributed by atoms with van der Waals surface area (Å²) in [6.07, 6.45) is 0. The highest BCUT2D eigenvalue weighted by atomic mass is 79.9. The molecule has 0 aliphatic carbocycles. The second-order valence-electron chi connectivity index (χ2n) is 3.77. The van der Waals surface area contributed by atoms with Crippen LogP contribution in [-0.4, -0.2) is 30.7 Å². The first-order valence-electron chi connectivity index (χ1n) is 5.50. The number of benzene rings is 1. The lowest BCUT2D eigenvalue weighted by atomic mass is 10.2. The average molecular weight is 347 g/mol. The number of carbonyl (C=O) groups is 2. The molecule has 1 aromatic carbocycles. The van der Waals surface area contributed by atoms with Crippen molar-refractivity contribution in [1.82, 2.24) is 5.32 Å². The zero-order valence-corrected chi connectivity index (χ0v) is 13.0. The van der Waals surface area contributed by atoms with Crippen molar-refractivity contribution in [3.8, 4) is 5.75 Å². The van der Waals surface area contributed by atoms with Gasteiger partial charge in [-0.2, -0.15) is 12.6 Å². The van der Waals surface area contributed by atoms with E-state index in [1.54, 1.807) is 25.3 Å². The van der Waals surface area contributed by atoms with E-state index in [9.17, 15) is 9.59 Å². The number of methoxy groups -OCH3 is 1. The molecule has 0 radical (unpaired) electrons. The molecule has 0 spiro atoms. The van der Waals surface area contributed by atoms with Crippen LogP contribution in [0.2, 0.25) is 0 Å². The molecule has 0 aliphatic rings. The van der Waals surface area contributed by atoms with Gasteiger partial charge < -0.3 is 15.4 Å². The lowest BCUT2D eigenvalue weighted by Gasteiger charge is -2.15. The molecule has 0 saturated heterocycles. The van der Waals surface area contributed by atoms with Crippen molar-refractivity contribution < 1.29 is 14.3 Å². The van der Waals surface area contributed by atoms with Crippen molar-refractivity contribution in [2.75, 3.05) is 18.2 Å². The van der Waals surface area contributed by atoms with Gasteiger partial charge in [0, 0.05) is 24.4 Å². The predicted octanol–water partition coefficient (Wildman–Crippen LogP) is 1.83. The predicted molar refractivity (Wildman–Crippen MR) is 80.8 cm³/mol. The van der Waals surface area contributed by atoms with E-state index in [1.807, 2.05) is 0 Å². The minimum absolute atomic E-state index is 0.221. The third-order valence-corrected chi connectivity index (χ3v) is 3.32. The molecular formula is C12H15BrN2O3S. The Morgan fingerprint density at radius 3 is 2.68 bits per heavy atom. The van der Waals surface area contributed by atoms with Gasteiger partial charge in [-0.05, 0) is 28.1 Å². The van der Waals surface area contributed by atoms with Gasteiger partial charge >= 0.3 is 0 Å². The third-order valence-electron chi connectivity index (χ3n) is 2.30. The summed E-state index contributed by atoms with van der Waals surface area (Å²) < 4.78 is 5.93. The Bertz CT molecular complexity index is 482. The first kappa shape index (κ1) is 15.8. The highest BCUT2D eigenvalue weighted by Gasteiger charge is 2.18. The van der Waals surface area contributed by atoms with Gasteiger partial charge in [-0.25, -0.2) is 0 Å². The Morgan fingerprint density at radius 1 is 1.47 bits per heavy atom. The number of thiol groups is 1. The maximum Gasteiger partial charge on any atom is 0.247 e. The van der Waals surface area contributed by atoms with Crippen LogP contribution in [0.25, 0.3) is 0 Å². The van der Waals surface area contributed by atoms with Crippen LogP contribution < -0.4 is 15.4 Å². The molecule has 0 bridgehead atoms. The third kappa shape index (κ3) is 4.76. The first-order chi connectivity index (χ1) is 8.97. The molecule has 1 aromatic rings. The molecule has 1 unspecified atom stereocenters. The normalized spacial score (nSPS) is 11.6. The van der Waals surface area contributed by atoms with Gasteiger partial charge in [-0.15, -0.1) is 0 Å². The Kier molecular flexibility index (Phi) is 6.17. The van der Waals surface area contributed by atoms with Gasteiger partial charge in [-0.3, -0.25) is 9.59 Å². The van der Waals surface area contributed by atoms with E-state index in [1.165, 1.54) is 6.92 Å². The zero-order chi connectivity index (χ0) is 14.4. The molecule has 0 aromatic heterocycles. The van der Waals surface area contributed by atoms with E-state index in [4.69, 9.17) is 4.74 Å². The Balaban J connectivity index is 2.78. The van der Waals surface area contributed by atoms with Gasteiger partial charge in [0.15, 0.2) is 0 Å². The number of halogens is 1. The van der Waals surface area contributed by atoms with Crippen LogP contribution in [0.1, 0.15) is 6.92 Å². The highest BCUT2D eigenvalue weighted by molar-refractivity contribution is 9.10. The van der Waals surface area contributed by atoms with Crippen LogP contribution in [-0.2, 0) is 9.59 Å². The lowest BCUT2D eigenvalue weighted by molar-refractivity contribution is -0.124. The first-order valence-corrected chi connectivity index (χ1v) is 6.92. The standard InChI is InChI=1S/C12H15BrN2O3S/c1-7(16)14-10(6-19)12(17)15-8-3-4-9(13)11(5-8)18-2/h3-5,10,19H,6H2,1-2H3,(H,14,16)(H,15,17). The monoisotopic (exact) mass is 346 g/mol. The SMILES string of the molecule is COc1cc(NC(=O)C(CS)NC(C)=O)ccc1Br. The molecule has 0 aliphatic heterocycles. The zero-order valence-electron chi connectivity index (χ0n) is 10.6. The van der Waals surface area contributed by atoms with Crippen molar-refractivity contribution in [2.45, 2.75) is 13.0 Å². The van der Waals surface area contributed by atoms with Gasteiger partial charge in [0.1, 0.15) is 11.8 Å². The maximum absolute atomic E-state index is 11.9. The maximum atomic E-state index is 11.9. The number of rotatable bonds is 5. The van der Waals surface area contributed by atoms with Gasteiger partial charge in [0.2, 0.25) is 11.8 Å². The van der Waals surface area contributed by atoms with E-state index in [0.29, 0.717) is 11.4 Å². The Morgan fingerprint density at radius 2 is 2.16 bits per heavy atom. The van der Waals surface area contributed by atoms with Crippen molar-refractivity contribution in [1.29, 1.82) is 0 Å². The minimum Gasteiger partial charge on any atom is -0.495 e. The molecular weight excluding hydrogens is 332 g/mol. The van der Waals surface area contributed by atoms with Gasteiger partial charge in [-0.1, -0.05) is 0 Å². The van der Waals surface area contributed by atoms with Crippen molar-refractivity contribution >= 4 is 46.1 Å². The molecule has 5 nitrogen and oxygen atoms in total. The van der Waals surface area contributed by atoms with E-state index >= 15 is 0 Å². The fraction of sp³-hybridized carbons (Fsp3) is 0.333.